The molecule has 4 N–H and O–H groups in total. The zero-order valence-corrected chi connectivity index (χ0v) is 12.8. The number of hydrogen-bond acceptors (Lipinski definition) is 4. The number of urea groups is 1. The van der Waals surface area contributed by atoms with Gasteiger partial charge in [0, 0.05) is 17.0 Å². The Labute approximate surface area is 123 Å². The summed E-state index contributed by atoms with van der Waals surface area (Å²) in [6.45, 7) is 7.16. The van der Waals surface area contributed by atoms with Crippen LogP contribution in [0.25, 0.3) is 0 Å². The molecular formula is C14H21N3O2S. The van der Waals surface area contributed by atoms with E-state index in [9.17, 15) is 9.59 Å². The lowest BCUT2D eigenvalue weighted by molar-refractivity contribution is -0.117. The number of nitrogens with two attached hydrogens (primary N) is 1. The van der Waals surface area contributed by atoms with E-state index in [0.29, 0.717) is 0 Å². The van der Waals surface area contributed by atoms with E-state index in [0.717, 1.165) is 11.4 Å². The number of rotatable bonds is 5. The van der Waals surface area contributed by atoms with E-state index in [1.807, 2.05) is 29.6 Å². The largest absolute Gasteiger partial charge is 0.351 e. The molecule has 0 unspecified atom stereocenters. The molecule has 0 aliphatic heterocycles. The van der Waals surface area contributed by atoms with Gasteiger partial charge < -0.3 is 11.1 Å². The number of carbonyl (C=O) groups excluding carboxylic acids is 2. The molecule has 1 rings (SSSR count). The highest BCUT2D eigenvalue weighted by Gasteiger charge is 2.08. The predicted molar refractivity (Wildman–Crippen MR) is 81.5 cm³/mol. The van der Waals surface area contributed by atoms with Gasteiger partial charge in [-0.25, -0.2) is 4.79 Å². The summed E-state index contributed by atoms with van der Waals surface area (Å²) in [5, 5.41) is 5.44. The summed E-state index contributed by atoms with van der Waals surface area (Å²) < 4.78 is 0. The van der Waals surface area contributed by atoms with Crippen molar-refractivity contribution in [2.75, 3.05) is 5.75 Å². The summed E-state index contributed by atoms with van der Waals surface area (Å²) in [5.74, 6) is -0.219. The van der Waals surface area contributed by atoms with Crippen LogP contribution in [0.3, 0.4) is 0 Å². The van der Waals surface area contributed by atoms with Crippen molar-refractivity contribution in [3.8, 4) is 0 Å². The SMILES string of the molecule is CC(C)(C)NCc1ccc(SCC(=O)NC(N)=O)cc1. The van der Waals surface area contributed by atoms with Crippen LogP contribution in [0.1, 0.15) is 26.3 Å². The Morgan fingerprint density at radius 3 is 2.30 bits per heavy atom. The molecule has 3 amide bonds. The second kappa shape index (κ2) is 7.31. The van der Waals surface area contributed by atoms with Crippen LogP contribution in [0.15, 0.2) is 29.2 Å². The second-order valence-corrected chi connectivity index (χ2v) is 6.50. The van der Waals surface area contributed by atoms with Crippen LogP contribution < -0.4 is 16.4 Å². The molecule has 0 saturated carbocycles. The van der Waals surface area contributed by atoms with Gasteiger partial charge in [0.1, 0.15) is 0 Å². The van der Waals surface area contributed by atoms with Gasteiger partial charge in [0.25, 0.3) is 0 Å². The zero-order valence-electron chi connectivity index (χ0n) is 12.0. The molecule has 0 fully saturated rings. The molecule has 6 heteroatoms. The third-order valence-corrected chi connectivity index (χ3v) is 3.39. The van der Waals surface area contributed by atoms with E-state index in [2.05, 4.69) is 26.1 Å². The summed E-state index contributed by atoms with van der Waals surface area (Å²) in [5.41, 5.74) is 6.13. The molecule has 110 valence electrons. The summed E-state index contributed by atoms with van der Waals surface area (Å²) in [6.07, 6.45) is 0. The number of carbonyl (C=O) groups is 2. The monoisotopic (exact) mass is 295 g/mol. The molecule has 1 aromatic rings. The summed E-state index contributed by atoms with van der Waals surface area (Å²) in [7, 11) is 0. The highest BCUT2D eigenvalue weighted by atomic mass is 32.2. The van der Waals surface area contributed by atoms with E-state index >= 15 is 0 Å². The third kappa shape index (κ3) is 7.16. The number of nitrogens with one attached hydrogen (secondary N) is 2. The average molecular weight is 295 g/mol. The first kappa shape index (κ1) is 16.5. The highest BCUT2D eigenvalue weighted by molar-refractivity contribution is 8.00. The summed E-state index contributed by atoms with van der Waals surface area (Å²) in [6, 6.07) is 7.14. The molecule has 0 spiro atoms. The van der Waals surface area contributed by atoms with Crippen LogP contribution in [0.4, 0.5) is 4.79 Å². The Balaban J connectivity index is 2.42. The maximum absolute atomic E-state index is 11.3. The highest BCUT2D eigenvalue weighted by Crippen LogP contribution is 2.18. The number of amides is 3. The summed E-state index contributed by atoms with van der Waals surface area (Å²) >= 11 is 1.36. The Hall–Kier alpha value is -1.53. The van der Waals surface area contributed by atoms with Crippen molar-refractivity contribution in [1.82, 2.24) is 10.6 Å². The second-order valence-electron chi connectivity index (χ2n) is 5.45. The van der Waals surface area contributed by atoms with Gasteiger partial charge in [-0.05, 0) is 38.5 Å². The Morgan fingerprint density at radius 2 is 1.80 bits per heavy atom. The molecule has 0 aliphatic rings. The quantitative estimate of drug-likeness (QED) is 0.724. The van der Waals surface area contributed by atoms with E-state index < -0.39 is 6.03 Å². The fraction of sp³-hybridized carbons (Fsp3) is 0.429. The Kier molecular flexibility index (Phi) is 6.04. The van der Waals surface area contributed by atoms with Gasteiger partial charge in [-0.1, -0.05) is 12.1 Å². The van der Waals surface area contributed by atoms with Crippen molar-refractivity contribution >= 4 is 23.7 Å². The maximum Gasteiger partial charge on any atom is 0.318 e. The first-order valence-electron chi connectivity index (χ1n) is 6.32. The molecule has 5 nitrogen and oxygen atoms in total. The van der Waals surface area contributed by atoms with Gasteiger partial charge in [-0.15, -0.1) is 11.8 Å². The molecule has 0 atom stereocenters. The average Bonchev–Trinajstić information content (AvgIpc) is 2.33. The van der Waals surface area contributed by atoms with Gasteiger partial charge >= 0.3 is 6.03 Å². The molecule has 1 aromatic carbocycles. The van der Waals surface area contributed by atoms with Crippen LogP contribution in [-0.4, -0.2) is 23.2 Å². The number of benzene rings is 1. The fourth-order valence-corrected chi connectivity index (χ4v) is 2.09. The van der Waals surface area contributed by atoms with Crippen LogP contribution >= 0.6 is 11.8 Å². The molecular weight excluding hydrogens is 274 g/mol. The third-order valence-electron chi connectivity index (χ3n) is 2.38. The van der Waals surface area contributed by atoms with E-state index in [1.165, 1.54) is 17.3 Å². The van der Waals surface area contributed by atoms with Crippen LogP contribution in [0.2, 0.25) is 0 Å². The fourth-order valence-electron chi connectivity index (χ4n) is 1.39. The maximum atomic E-state index is 11.3. The predicted octanol–water partition coefficient (Wildman–Crippen LogP) is 1.86. The first-order chi connectivity index (χ1) is 9.26. The van der Waals surface area contributed by atoms with E-state index in [-0.39, 0.29) is 17.2 Å². The standard InChI is InChI=1S/C14H21N3O2S/c1-14(2,3)16-8-10-4-6-11(7-5-10)20-9-12(18)17-13(15)19/h4-7,16H,8-9H2,1-3H3,(H3,15,17,18,19). The summed E-state index contributed by atoms with van der Waals surface area (Å²) in [4.78, 5) is 22.7. The van der Waals surface area contributed by atoms with Gasteiger partial charge in [-0.2, -0.15) is 0 Å². The van der Waals surface area contributed by atoms with Gasteiger partial charge in [-0.3, -0.25) is 10.1 Å². The molecule has 0 bridgehead atoms. The topological polar surface area (TPSA) is 84.2 Å². The van der Waals surface area contributed by atoms with E-state index in [4.69, 9.17) is 5.73 Å². The number of primary amides is 1. The number of hydrogen-bond donors (Lipinski definition) is 3. The lowest BCUT2D eigenvalue weighted by Crippen LogP contribution is -2.36. The lowest BCUT2D eigenvalue weighted by Gasteiger charge is -2.20. The molecule has 0 radical (unpaired) electrons. The van der Waals surface area contributed by atoms with E-state index in [1.54, 1.807) is 0 Å². The van der Waals surface area contributed by atoms with Crippen molar-refractivity contribution in [2.24, 2.45) is 5.73 Å². The van der Waals surface area contributed by atoms with Crippen LogP contribution in [-0.2, 0) is 11.3 Å². The molecule has 0 saturated heterocycles. The van der Waals surface area contributed by atoms with Crippen LogP contribution in [0.5, 0.6) is 0 Å². The molecule has 0 aromatic heterocycles. The van der Waals surface area contributed by atoms with Gasteiger partial charge in [0.05, 0.1) is 5.75 Å². The van der Waals surface area contributed by atoms with Crippen LogP contribution in [0, 0.1) is 0 Å². The van der Waals surface area contributed by atoms with Crippen molar-refractivity contribution in [3.05, 3.63) is 29.8 Å². The lowest BCUT2D eigenvalue weighted by atomic mass is 10.1. The van der Waals surface area contributed by atoms with Crippen molar-refractivity contribution in [1.29, 1.82) is 0 Å². The van der Waals surface area contributed by atoms with Crippen molar-refractivity contribution < 1.29 is 9.59 Å². The zero-order chi connectivity index (χ0) is 15.2. The minimum absolute atomic E-state index is 0.0836. The Morgan fingerprint density at radius 1 is 1.20 bits per heavy atom. The number of imide groups is 1. The molecule has 0 heterocycles. The normalized spacial score (nSPS) is 11.2. The Bertz CT molecular complexity index is 466. The van der Waals surface area contributed by atoms with Crippen molar-refractivity contribution in [2.45, 2.75) is 37.8 Å². The number of thioether (sulfide) groups is 1. The minimum Gasteiger partial charge on any atom is -0.351 e. The first-order valence-corrected chi connectivity index (χ1v) is 7.31. The molecule has 0 aliphatic carbocycles. The van der Waals surface area contributed by atoms with Gasteiger partial charge in [0.2, 0.25) is 5.91 Å². The van der Waals surface area contributed by atoms with Gasteiger partial charge in [0.15, 0.2) is 0 Å². The molecule has 20 heavy (non-hydrogen) atoms. The smallest absolute Gasteiger partial charge is 0.318 e. The van der Waals surface area contributed by atoms with Crippen molar-refractivity contribution in [3.63, 3.8) is 0 Å². The minimum atomic E-state index is -0.820.